The first-order chi connectivity index (χ1) is 16.6. The lowest BCUT2D eigenvalue weighted by Crippen LogP contribution is -2.32. The summed E-state index contributed by atoms with van der Waals surface area (Å²) in [6.07, 6.45) is 2.10. The molecule has 1 aromatic heterocycles. The van der Waals surface area contributed by atoms with Gasteiger partial charge in [-0.15, -0.1) is 0 Å². The van der Waals surface area contributed by atoms with Crippen LogP contribution in [0.25, 0.3) is 10.9 Å². The highest BCUT2D eigenvalue weighted by Crippen LogP contribution is 2.41. The molecule has 34 heavy (non-hydrogen) atoms. The summed E-state index contributed by atoms with van der Waals surface area (Å²) < 4.78 is 10.6. The molecular weight excluding hydrogens is 430 g/mol. The van der Waals surface area contributed by atoms with Crippen LogP contribution < -0.4 is 14.8 Å². The molecule has 4 aromatic rings. The number of carbonyl (C=O) groups is 2. The number of ether oxygens (including phenoxy) is 2. The van der Waals surface area contributed by atoms with Crippen LogP contribution in [0.1, 0.15) is 33.9 Å². The van der Waals surface area contributed by atoms with E-state index in [1.165, 1.54) is 7.11 Å². The van der Waals surface area contributed by atoms with Gasteiger partial charge >= 0.3 is 0 Å². The number of carbonyl (C=O) groups excluding carboxylic acids is 2. The first-order valence-corrected chi connectivity index (χ1v) is 11.1. The number of benzene rings is 3. The Morgan fingerprint density at radius 1 is 1.00 bits per heavy atom. The summed E-state index contributed by atoms with van der Waals surface area (Å²) in [7, 11) is 3.11. The number of amides is 2. The SMILES string of the molecule is COc1ccc(NC(=O)CCN2C(=O)c3ccccc3[C@H]2c2c[nH]c3ccccc23)c(OC)c1. The number of aromatic nitrogens is 1. The predicted octanol–water partition coefficient (Wildman–Crippen LogP) is 4.76. The third-order valence-electron chi connectivity index (χ3n) is 6.24. The Kier molecular flexibility index (Phi) is 5.67. The zero-order valence-corrected chi connectivity index (χ0v) is 19.0. The minimum Gasteiger partial charge on any atom is -0.497 e. The molecule has 7 nitrogen and oxygen atoms in total. The lowest BCUT2D eigenvalue weighted by Gasteiger charge is -2.25. The van der Waals surface area contributed by atoms with Crippen molar-refractivity contribution in [3.63, 3.8) is 0 Å². The number of fused-ring (bicyclic) bond motifs is 2. The van der Waals surface area contributed by atoms with Crippen LogP contribution in [-0.4, -0.2) is 42.5 Å². The minimum atomic E-state index is -0.261. The molecule has 0 aliphatic carbocycles. The predicted molar refractivity (Wildman–Crippen MR) is 130 cm³/mol. The van der Waals surface area contributed by atoms with Crippen LogP contribution in [0, 0.1) is 0 Å². The lowest BCUT2D eigenvalue weighted by molar-refractivity contribution is -0.116. The molecule has 0 bridgehead atoms. The van der Waals surface area contributed by atoms with E-state index in [0.717, 1.165) is 22.0 Å². The van der Waals surface area contributed by atoms with E-state index in [9.17, 15) is 9.59 Å². The number of hydrogen-bond acceptors (Lipinski definition) is 4. The number of nitrogens with zero attached hydrogens (tertiary/aromatic N) is 1. The topological polar surface area (TPSA) is 83.7 Å². The van der Waals surface area contributed by atoms with Gasteiger partial charge in [0.15, 0.2) is 0 Å². The van der Waals surface area contributed by atoms with Crippen molar-refractivity contribution < 1.29 is 19.1 Å². The second-order valence-electron chi connectivity index (χ2n) is 8.14. The van der Waals surface area contributed by atoms with Gasteiger partial charge in [0.1, 0.15) is 11.5 Å². The van der Waals surface area contributed by atoms with Crippen molar-refractivity contribution >= 4 is 28.4 Å². The second kappa shape index (κ2) is 8.94. The molecule has 2 N–H and O–H groups in total. The van der Waals surface area contributed by atoms with Crippen LogP contribution in [0.4, 0.5) is 5.69 Å². The molecule has 0 unspecified atom stereocenters. The van der Waals surface area contributed by atoms with E-state index < -0.39 is 0 Å². The Morgan fingerprint density at radius 3 is 2.62 bits per heavy atom. The Morgan fingerprint density at radius 2 is 1.79 bits per heavy atom. The summed E-state index contributed by atoms with van der Waals surface area (Å²) in [5.41, 5.74) is 4.21. The van der Waals surface area contributed by atoms with E-state index in [1.54, 1.807) is 30.2 Å². The molecule has 0 spiro atoms. The van der Waals surface area contributed by atoms with Crippen LogP contribution in [0.3, 0.4) is 0 Å². The van der Waals surface area contributed by atoms with Crippen molar-refractivity contribution in [1.82, 2.24) is 9.88 Å². The first-order valence-electron chi connectivity index (χ1n) is 11.1. The smallest absolute Gasteiger partial charge is 0.255 e. The highest BCUT2D eigenvalue weighted by molar-refractivity contribution is 6.01. The molecule has 0 saturated heterocycles. The van der Waals surface area contributed by atoms with Gasteiger partial charge in [-0.3, -0.25) is 9.59 Å². The molecule has 0 fully saturated rings. The summed E-state index contributed by atoms with van der Waals surface area (Å²) in [4.78, 5) is 31.3. The summed E-state index contributed by atoms with van der Waals surface area (Å²) in [6.45, 7) is 0.280. The molecule has 1 atom stereocenters. The number of methoxy groups -OCH3 is 2. The first kappa shape index (κ1) is 21.6. The number of H-pyrrole nitrogens is 1. The van der Waals surface area contributed by atoms with E-state index in [-0.39, 0.29) is 30.8 Å². The van der Waals surface area contributed by atoms with Gasteiger partial charge in [-0.1, -0.05) is 36.4 Å². The summed E-state index contributed by atoms with van der Waals surface area (Å²) in [5.74, 6) is 0.872. The third kappa shape index (κ3) is 3.75. The van der Waals surface area contributed by atoms with Crippen molar-refractivity contribution in [2.24, 2.45) is 0 Å². The van der Waals surface area contributed by atoms with Gasteiger partial charge in [0.05, 0.1) is 25.9 Å². The highest BCUT2D eigenvalue weighted by atomic mass is 16.5. The number of rotatable bonds is 7. The average molecular weight is 456 g/mol. The number of aromatic amines is 1. The van der Waals surface area contributed by atoms with E-state index in [2.05, 4.69) is 10.3 Å². The van der Waals surface area contributed by atoms with Crippen LogP contribution >= 0.6 is 0 Å². The van der Waals surface area contributed by atoms with Crippen LogP contribution in [-0.2, 0) is 4.79 Å². The van der Waals surface area contributed by atoms with Crippen molar-refractivity contribution in [1.29, 1.82) is 0 Å². The van der Waals surface area contributed by atoms with Gasteiger partial charge in [-0.25, -0.2) is 0 Å². The van der Waals surface area contributed by atoms with Crippen LogP contribution in [0.5, 0.6) is 11.5 Å². The van der Waals surface area contributed by atoms with Gasteiger partial charge in [-0.2, -0.15) is 0 Å². The van der Waals surface area contributed by atoms with E-state index in [1.807, 2.05) is 54.7 Å². The normalized spacial score (nSPS) is 14.8. The largest absolute Gasteiger partial charge is 0.497 e. The lowest BCUT2D eigenvalue weighted by atomic mass is 9.97. The van der Waals surface area contributed by atoms with Crippen molar-refractivity contribution in [3.8, 4) is 11.5 Å². The molecular formula is C27H25N3O4. The standard InChI is InChI=1S/C27H25N3O4/c1-33-17-11-12-23(24(15-17)34-2)29-25(31)13-14-30-26(19-8-3-4-9-20(19)27(30)32)21-16-28-22-10-6-5-7-18(21)22/h3-12,15-16,26,28H,13-14H2,1-2H3,(H,29,31)/t26-/m0/s1. The molecule has 2 heterocycles. The molecule has 1 aliphatic rings. The molecule has 7 heteroatoms. The van der Waals surface area contributed by atoms with Gasteiger partial charge in [0.25, 0.3) is 5.91 Å². The summed E-state index contributed by atoms with van der Waals surface area (Å²) in [6, 6.07) is 20.6. The molecule has 172 valence electrons. The Labute approximate surface area is 197 Å². The monoisotopic (exact) mass is 455 g/mol. The maximum Gasteiger partial charge on any atom is 0.255 e. The van der Waals surface area contributed by atoms with Gasteiger partial charge in [0, 0.05) is 47.3 Å². The zero-order valence-electron chi connectivity index (χ0n) is 19.0. The Hall–Kier alpha value is -4.26. The van der Waals surface area contributed by atoms with E-state index >= 15 is 0 Å². The van der Waals surface area contributed by atoms with Crippen LogP contribution in [0.2, 0.25) is 0 Å². The molecule has 0 radical (unpaired) electrons. The van der Waals surface area contributed by atoms with E-state index in [4.69, 9.17) is 9.47 Å². The summed E-state index contributed by atoms with van der Waals surface area (Å²) in [5, 5.41) is 3.95. The van der Waals surface area contributed by atoms with Crippen molar-refractivity contribution in [2.45, 2.75) is 12.5 Å². The number of hydrogen-bond donors (Lipinski definition) is 2. The second-order valence-corrected chi connectivity index (χ2v) is 8.14. The number of anilines is 1. The van der Waals surface area contributed by atoms with E-state index in [0.29, 0.717) is 22.7 Å². The zero-order chi connectivity index (χ0) is 23.7. The van der Waals surface area contributed by atoms with Crippen molar-refractivity contribution in [2.75, 3.05) is 26.1 Å². The molecule has 1 aliphatic heterocycles. The van der Waals surface area contributed by atoms with Gasteiger partial charge < -0.3 is 24.7 Å². The van der Waals surface area contributed by atoms with Crippen LogP contribution in [0.15, 0.2) is 72.9 Å². The highest BCUT2D eigenvalue weighted by Gasteiger charge is 2.38. The molecule has 3 aromatic carbocycles. The molecule has 0 saturated carbocycles. The Balaban J connectivity index is 1.39. The quantitative estimate of drug-likeness (QED) is 0.421. The summed E-state index contributed by atoms with van der Waals surface area (Å²) >= 11 is 0. The Bertz CT molecular complexity index is 1380. The molecule has 5 rings (SSSR count). The number of para-hydroxylation sites is 1. The maximum atomic E-state index is 13.3. The third-order valence-corrected chi connectivity index (χ3v) is 6.24. The van der Waals surface area contributed by atoms with Crippen molar-refractivity contribution in [3.05, 3.63) is 89.6 Å². The fourth-order valence-electron chi connectivity index (χ4n) is 4.59. The fraction of sp³-hybridized carbons (Fsp3) is 0.185. The minimum absolute atomic E-state index is 0.0688. The van der Waals surface area contributed by atoms with Gasteiger partial charge in [0.2, 0.25) is 5.91 Å². The fourth-order valence-corrected chi connectivity index (χ4v) is 4.59. The van der Waals surface area contributed by atoms with Gasteiger partial charge in [-0.05, 0) is 29.8 Å². The average Bonchev–Trinajstić information content (AvgIpc) is 3.41. The number of nitrogens with one attached hydrogen (secondary N) is 2. The maximum absolute atomic E-state index is 13.3. The molecule has 2 amide bonds.